The summed E-state index contributed by atoms with van der Waals surface area (Å²) in [5, 5.41) is 7.43. The predicted molar refractivity (Wildman–Crippen MR) is 64.0 cm³/mol. The maximum absolute atomic E-state index is 6.11. The lowest BCUT2D eigenvalue weighted by molar-refractivity contribution is 0.156. The summed E-state index contributed by atoms with van der Waals surface area (Å²) in [5.41, 5.74) is 0.487. The largest absolute Gasteiger partial charge is 0.377 e. The van der Waals surface area contributed by atoms with Gasteiger partial charge in [-0.1, -0.05) is 23.7 Å². The van der Waals surface area contributed by atoms with Crippen molar-refractivity contribution in [1.29, 1.82) is 0 Å². The second-order valence-corrected chi connectivity index (χ2v) is 4.35. The Morgan fingerprint density at radius 3 is 2.94 bits per heavy atom. The molecule has 0 radical (unpaired) electrons. The normalized spacial score (nSPS) is 12.8. The summed E-state index contributed by atoms with van der Waals surface area (Å²) in [5.74, 6) is 1.38. The molecule has 2 aromatic heterocycles. The number of halogens is 1. The Morgan fingerprint density at radius 1 is 1.39 bits per heavy atom. The van der Waals surface area contributed by atoms with E-state index in [-0.39, 0.29) is 5.38 Å². The standard InChI is InChI=1S/C11H14ClN3O3/c1-3-4-8(12)10-13-11(18-15-10)9-5-7(6-16-2)17-14-9/h5,8H,3-4,6H2,1-2H3. The third-order valence-corrected chi connectivity index (χ3v) is 2.74. The number of nitrogens with zero attached hydrogens (tertiary/aromatic N) is 3. The lowest BCUT2D eigenvalue weighted by Crippen LogP contribution is -1.92. The molecule has 0 bridgehead atoms. The molecule has 6 nitrogen and oxygen atoms in total. The van der Waals surface area contributed by atoms with Crippen LogP contribution in [0, 0.1) is 0 Å². The molecule has 2 aromatic rings. The van der Waals surface area contributed by atoms with Crippen LogP contribution in [0.2, 0.25) is 0 Å². The first-order valence-electron chi connectivity index (χ1n) is 5.67. The van der Waals surface area contributed by atoms with Crippen LogP contribution in [-0.4, -0.2) is 22.4 Å². The smallest absolute Gasteiger partial charge is 0.280 e. The molecule has 0 aliphatic rings. The van der Waals surface area contributed by atoms with Gasteiger partial charge in [-0.3, -0.25) is 0 Å². The van der Waals surface area contributed by atoms with Gasteiger partial charge in [0.25, 0.3) is 5.89 Å². The molecule has 7 heteroatoms. The molecule has 18 heavy (non-hydrogen) atoms. The molecule has 1 unspecified atom stereocenters. The number of methoxy groups -OCH3 is 1. The molecule has 2 rings (SSSR count). The third kappa shape index (κ3) is 2.88. The van der Waals surface area contributed by atoms with Gasteiger partial charge in [-0.25, -0.2) is 0 Å². The first-order chi connectivity index (χ1) is 8.74. The van der Waals surface area contributed by atoms with Gasteiger partial charge in [0, 0.05) is 13.2 Å². The Bertz CT molecular complexity index is 497. The number of aromatic nitrogens is 3. The highest BCUT2D eigenvalue weighted by Gasteiger charge is 2.18. The van der Waals surface area contributed by atoms with Crippen LogP contribution >= 0.6 is 11.6 Å². The van der Waals surface area contributed by atoms with E-state index in [1.54, 1.807) is 13.2 Å². The van der Waals surface area contributed by atoms with E-state index in [2.05, 4.69) is 15.3 Å². The Labute approximate surface area is 109 Å². The van der Waals surface area contributed by atoms with Crippen molar-refractivity contribution in [1.82, 2.24) is 15.3 Å². The van der Waals surface area contributed by atoms with E-state index in [0.717, 1.165) is 12.8 Å². The molecule has 0 amide bonds. The molecule has 2 heterocycles. The molecule has 0 N–H and O–H groups in total. The van der Waals surface area contributed by atoms with Gasteiger partial charge in [-0.2, -0.15) is 4.98 Å². The van der Waals surface area contributed by atoms with Crippen molar-refractivity contribution in [2.45, 2.75) is 31.7 Å². The quantitative estimate of drug-likeness (QED) is 0.752. The average molecular weight is 272 g/mol. The highest BCUT2D eigenvalue weighted by molar-refractivity contribution is 6.20. The Morgan fingerprint density at radius 2 is 2.22 bits per heavy atom. The predicted octanol–water partition coefficient (Wildman–Crippen LogP) is 2.95. The molecule has 1 atom stereocenters. The van der Waals surface area contributed by atoms with E-state index in [1.165, 1.54) is 0 Å². The van der Waals surface area contributed by atoms with Gasteiger partial charge in [-0.15, -0.1) is 11.6 Å². The molecule has 0 saturated heterocycles. The summed E-state index contributed by atoms with van der Waals surface area (Å²) in [7, 11) is 1.58. The first-order valence-corrected chi connectivity index (χ1v) is 6.10. The van der Waals surface area contributed by atoms with Gasteiger partial charge in [0.15, 0.2) is 17.3 Å². The topological polar surface area (TPSA) is 74.2 Å². The van der Waals surface area contributed by atoms with Crippen molar-refractivity contribution in [2.24, 2.45) is 0 Å². The van der Waals surface area contributed by atoms with Crippen LogP contribution in [0.15, 0.2) is 15.1 Å². The Kier molecular flexibility index (Phi) is 4.33. The van der Waals surface area contributed by atoms with Crippen molar-refractivity contribution in [2.75, 3.05) is 7.11 Å². The van der Waals surface area contributed by atoms with Crippen molar-refractivity contribution < 1.29 is 13.8 Å². The lowest BCUT2D eigenvalue weighted by Gasteiger charge is -1.99. The first kappa shape index (κ1) is 13.0. The second-order valence-electron chi connectivity index (χ2n) is 3.83. The molecule has 0 aliphatic heterocycles. The van der Waals surface area contributed by atoms with Crippen LogP contribution in [-0.2, 0) is 11.3 Å². The fourth-order valence-corrected chi connectivity index (χ4v) is 1.78. The van der Waals surface area contributed by atoms with Gasteiger partial charge in [0.2, 0.25) is 0 Å². The van der Waals surface area contributed by atoms with E-state index >= 15 is 0 Å². The summed E-state index contributed by atoms with van der Waals surface area (Å²) >= 11 is 6.11. The summed E-state index contributed by atoms with van der Waals surface area (Å²) in [6, 6.07) is 1.70. The third-order valence-electron chi connectivity index (χ3n) is 2.33. The Hall–Kier alpha value is -1.40. The highest BCUT2D eigenvalue weighted by atomic mass is 35.5. The molecule has 0 spiro atoms. The van der Waals surface area contributed by atoms with Crippen molar-refractivity contribution >= 4 is 11.6 Å². The Balaban J connectivity index is 2.13. The SMILES string of the molecule is CCCC(Cl)c1noc(-c2cc(COC)on2)n1. The van der Waals surface area contributed by atoms with Crippen LogP contribution < -0.4 is 0 Å². The zero-order valence-electron chi connectivity index (χ0n) is 10.2. The maximum atomic E-state index is 6.11. The molecule has 0 fully saturated rings. The lowest BCUT2D eigenvalue weighted by atomic mass is 10.2. The second kappa shape index (κ2) is 5.97. The number of hydrogen-bond donors (Lipinski definition) is 0. The van der Waals surface area contributed by atoms with Crippen LogP contribution in [0.4, 0.5) is 0 Å². The number of alkyl halides is 1. The zero-order chi connectivity index (χ0) is 13.0. The van der Waals surface area contributed by atoms with Gasteiger partial charge in [0.05, 0.1) is 5.38 Å². The van der Waals surface area contributed by atoms with Crippen LogP contribution in [0.1, 0.15) is 36.7 Å². The molecule has 0 saturated carbocycles. The van der Waals surface area contributed by atoms with E-state index in [0.29, 0.717) is 29.8 Å². The van der Waals surface area contributed by atoms with Crippen LogP contribution in [0.25, 0.3) is 11.6 Å². The summed E-state index contributed by atoms with van der Waals surface area (Å²) in [6.45, 7) is 2.40. The van der Waals surface area contributed by atoms with Gasteiger partial charge < -0.3 is 13.8 Å². The van der Waals surface area contributed by atoms with E-state index in [1.807, 2.05) is 6.92 Å². The summed E-state index contributed by atoms with van der Waals surface area (Å²) in [6.07, 6.45) is 1.76. The summed E-state index contributed by atoms with van der Waals surface area (Å²) in [4.78, 5) is 4.20. The number of hydrogen-bond acceptors (Lipinski definition) is 6. The zero-order valence-corrected chi connectivity index (χ0v) is 11.0. The van der Waals surface area contributed by atoms with Crippen LogP contribution in [0.3, 0.4) is 0 Å². The fraction of sp³-hybridized carbons (Fsp3) is 0.545. The molecule has 0 aromatic carbocycles. The van der Waals surface area contributed by atoms with Crippen molar-refractivity contribution in [3.8, 4) is 11.6 Å². The van der Waals surface area contributed by atoms with E-state index < -0.39 is 0 Å². The fourth-order valence-electron chi connectivity index (χ4n) is 1.47. The number of ether oxygens (including phenoxy) is 1. The van der Waals surface area contributed by atoms with E-state index in [4.69, 9.17) is 25.4 Å². The van der Waals surface area contributed by atoms with E-state index in [9.17, 15) is 0 Å². The minimum absolute atomic E-state index is 0.238. The molecular weight excluding hydrogens is 258 g/mol. The molecule has 98 valence electrons. The molecular formula is C11H14ClN3O3. The summed E-state index contributed by atoms with van der Waals surface area (Å²) < 4.78 is 15.1. The monoisotopic (exact) mass is 271 g/mol. The van der Waals surface area contributed by atoms with Crippen LogP contribution in [0.5, 0.6) is 0 Å². The van der Waals surface area contributed by atoms with Gasteiger partial charge >= 0.3 is 0 Å². The number of rotatable bonds is 6. The highest BCUT2D eigenvalue weighted by Crippen LogP contribution is 2.25. The average Bonchev–Trinajstić information content (AvgIpc) is 2.97. The van der Waals surface area contributed by atoms with Crippen molar-refractivity contribution in [3.05, 3.63) is 17.7 Å². The van der Waals surface area contributed by atoms with Crippen molar-refractivity contribution in [3.63, 3.8) is 0 Å². The van der Waals surface area contributed by atoms with Gasteiger partial charge in [-0.05, 0) is 6.42 Å². The maximum Gasteiger partial charge on any atom is 0.280 e. The minimum atomic E-state index is -0.238. The molecule has 0 aliphatic carbocycles. The minimum Gasteiger partial charge on any atom is -0.377 e. The van der Waals surface area contributed by atoms with Gasteiger partial charge in [0.1, 0.15) is 6.61 Å².